The highest BCUT2D eigenvalue weighted by Crippen LogP contribution is 2.41. The first kappa shape index (κ1) is 22.0. The second kappa shape index (κ2) is 9.56. The molecule has 1 saturated carbocycles. The summed E-state index contributed by atoms with van der Waals surface area (Å²) < 4.78 is 11.4. The Bertz CT molecular complexity index is 1030. The fourth-order valence-electron chi connectivity index (χ4n) is 4.92. The summed E-state index contributed by atoms with van der Waals surface area (Å²) in [6, 6.07) is 14.3. The lowest BCUT2D eigenvalue weighted by Crippen LogP contribution is -2.41. The number of benzene rings is 2. The molecule has 6 heteroatoms. The summed E-state index contributed by atoms with van der Waals surface area (Å²) in [6.45, 7) is 4.07. The van der Waals surface area contributed by atoms with Crippen LogP contribution in [0.2, 0.25) is 0 Å². The minimum absolute atomic E-state index is 0.0364. The Hall–Kier alpha value is -2.86. The average molecular weight is 449 g/mol. The zero-order chi connectivity index (χ0) is 22.8. The summed E-state index contributed by atoms with van der Waals surface area (Å²) in [7, 11) is 0. The summed E-state index contributed by atoms with van der Waals surface area (Å²) in [6.07, 6.45) is 4.97. The lowest BCUT2D eigenvalue weighted by Gasteiger charge is -2.38. The van der Waals surface area contributed by atoms with E-state index in [2.05, 4.69) is 42.6 Å². The first-order valence-corrected chi connectivity index (χ1v) is 12.1. The van der Waals surface area contributed by atoms with Crippen LogP contribution < -0.4 is 10.1 Å². The molecule has 3 aliphatic rings. The van der Waals surface area contributed by atoms with Gasteiger partial charge >= 0.3 is 0 Å². The number of fused-ring (bicyclic) bond motifs is 1. The van der Waals surface area contributed by atoms with Gasteiger partial charge in [0.25, 0.3) is 5.91 Å². The van der Waals surface area contributed by atoms with Gasteiger partial charge in [-0.05, 0) is 67.9 Å². The molecular weight excluding hydrogens is 416 g/mol. The van der Waals surface area contributed by atoms with E-state index >= 15 is 0 Å². The molecule has 1 N–H and O–H groups in total. The molecule has 2 aliphatic heterocycles. The van der Waals surface area contributed by atoms with Crippen LogP contribution in [0.25, 0.3) is 0 Å². The Morgan fingerprint density at radius 2 is 2.03 bits per heavy atom. The standard InChI is InChI=1S/C27H32N2O4/c1-18-4-2-5-21(14-18)26-24-15-22(33-17-25(30)28-16-23-6-3-13-32-23)10-9-19(24)11-12-29(26)27(31)20-7-8-20/h2,4-5,9-10,14-15,20,23,26H,3,6-8,11-13,16-17H2,1H3,(H,28,30). The van der Waals surface area contributed by atoms with Gasteiger partial charge in [-0.25, -0.2) is 0 Å². The number of nitrogens with zero attached hydrogens (tertiary/aromatic N) is 1. The molecule has 0 spiro atoms. The second-order valence-corrected chi connectivity index (χ2v) is 9.46. The van der Waals surface area contributed by atoms with E-state index in [9.17, 15) is 9.59 Å². The van der Waals surface area contributed by atoms with Crippen molar-refractivity contribution in [3.8, 4) is 5.75 Å². The number of amides is 2. The van der Waals surface area contributed by atoms with Crippen LogP contribution in [0.3, 0.4) is 0 Å². The third-order valence-electron chi connectivity index (χ3n) is 6.83. The molecule has 2 heterocycles. The number of nitrogens with one attached hydrogen (secondary N) is 1. The van der Waals surface area contributed by atoms with Crippen molar-refractivity contribution in [1.82, 2.24) is 10.2 Å². The summed E-state index contributed by atoms with van der Waals surface area (Å²) in [5.74, 6) is 0.932. The van der Waals surface area contributed by atoms with Crippen molar-refractivity contribution < 1.29 is 19.1 Å². The van der Waals surface area contributed by atoms with Gasteiger partial charge in [-0.15, -0.1) is 0 Å². The maximum Gasteiger partial charge on any atom is 0.258 e. The number of carbonyl (C=O) groups excluding carboxylic acids is 2. The number of hydrogen-bond donors (Lipinski definition) is 1. The molecule has 174 valence electrons. The first-order valence-electron chi connectivity index (χ1n) is 12.1. The monoisotopic (exact) mass is 448 g/mol. The Balaban J connectivity index is 1.34. The van der Waals surface area contributed by atoms with Crippen molar-refractivity contribution in [2.75, 3.05) is 26.3 Å². The maximum atomic E-state index is 13.2. The van der Waals surface area contributed by atoms with Crippen LogP contribution in [0.4, 0.5) is 0 Å². The largest absolute Gasteiger partial charge is 0.484 e. The molecule has 1 aliphatic carbocycles. The van der Waals surface area contributed by atoms with Crippen molar-refractivity contribution in [2.24, 2.45) is 5.92 Å². The predicted molar refractivity (Wildman–Crippen MR) is 125 cm³/mol. The van der Waals surface area contributed by atoms with Crippen LogP contribution in [0.5, 0.6) is 5.75 Å². The summed E-state index contributed by atoms with van der Waals surface area (Å²) in [4.78, 5) is 27.5. The normalized spacial score (nSPS) is 22.0. The van der Waals surface area contributed by atoms with E-state index in [1.54, 1.807) is 0 Å². The van der Waals surface area contributed by atoms with Crippen LogP contribution in [0.15, 0.2) is 42.5 Å². The lowest BCUT2D eigenvalue weighted by molar-refractivity contribution is -0.134. The van der Waals surface area contributed by atoms with Crippen molar-refractivity contribution in [1.29, 1.82) is 0 Å². The predicted octanol–water partition coefficient (Wildman–Crippen LogP) is 3.55. The van der Waals surface area contributed by atoms with E-state index in [0.29, 0.717) is 12.3 Å². The molecule has 2 aromatic rings. The third-order valence-corrected chi connectivity index (χ3v) is 6.83. The topological polar surface area (TPSA) is 67.9 Å². The second-order valence-electron chi connectivity index (χ2n) is 9.46. The number of hydrogen-bond acceptors (Lipinski definition) is 4. The number of aryl methyl sites for hydroxylation is 1. The van der Waals surface area contributed by atoms with Crippen molar-refractivity contribution >= 4 is 11.8 Å². The fourth-order valence-corrected chi connectivity index (χ4v) is 4.92. The summed E-state index contributed by atoms with van der Waals surface area (Å²) in [5.41, 5.74) is 4.62. The van der Waals surface area contributed by atoms with Crippen molar-refractivity contribution in [2.45, 2.75) is 51.2 Å². The van der Waals surface area contributed by atoms with Gasteiger partial charge in [-0.3, -0.25) is 9.59 Å². The van der Waals surface area contributed by atoms with E-state index in [0.717, 1.165) is 56.4 Å². The highest BCUT2D eigenvalue weighted by atomic mass is 16.5. The zero-order valence-corrected chi connectivity index (χ0v) is 19.2. The minimum atomic E-state index is -0.149. The highest BCUT2D eigenvalue weighted by Gasteiger charge is 2.39. The number of carbonyl (C=O) groups is 2. The molecule has 2 atom stereocenters. The van der Waals surface area contributed by atoms with Crippen LogP contribution in [-0.4, -0.2) is 49.1 Å². The molecule has 1 saturated heterocycles. The van der Waals surface area contributed by atoms with Gasteiger partial charge < -0.3 is 19.7 Å². The molecule has 2 fully saturated rings. The quantitative estimate of drug-likeness (QED) is 0.703. The van der Waals surface area contributed by atoms with Gasteiger partial charge in [0.15, 0.2) is 6.61 Å². The van der Waals surface area contributed by atoms with Gasteiger partial charge in [0.05, 0.1) is 12.1 Å². The lowest BCUT2D eigenvalue weighted by atomic mass is 9.87. The average Bonchev–Trinajstić information content (AvgIpc) is 3.55. The van der Waals surface area contributed by atoms with E-state index in [1.165, 1.54) is 11.1 Å². The third kappa shape index (κ3) is 5.06. The van der Waals surface area contributed by atoms with E-state index in [4.69, 9.17) is 9.47 Å². The number of ether oxygens (including phenoxy) is 2. The van der Waals surface area contributed by atoms with Gasteiger partial charge in [0, 0.05) is 25.6 Å². The van der Waals surface area contributed by atoms with Crippen LogP contribution in [-0.2, 0) is 20.7 Å². The highest BCUT2D eigenvalue weighted by molar-refractivity contribution is 5.82. The van der Waals surface area contributed by atoms with Gasteiger partial charge in [-0.2, -0.15) is 0 Å². The maximum absolute atomic E-state index is 13.2. The van der Waals surface area contributed by atoms with Gasteiger partial charge in [-0.1, -0.05) is 35.9 Å². The van der Waals surface area contributed by atoms with E-state index in [-0.39, 0.29) is 36.5 Å². The first-order chi connectivity index (χ1) is 16.1. The molecule has 6 nitrogen and oxygen atoms in total. The number of rotatable bonds is 7. The van der Waals surface area contributed by atoms with E-state index < -0.39 is 0 Å². The molecule has 0 radical (unpaired) electrons. The van der Waals surface area contributed by atoms with Crippen molar-refractivity contribution in [3.63, 3.8) is 0 Å². The van der Waals surface area contributed by atoms with Crippen LogP contribution >= 0.6 is 0 Å². The molecule has 5 rings (SSSR count). The molecule has 2 amide bonds. The Morgan fingerprint density at radius 1 is 1.15 bits per heavy atom. The van der Waals surface area contributed by atoms with Gasteiger partial charge in [0.2, 0.25) is 5.91 Å². The molecule has 0 bridgehead atoms. The summed E-state index contributed by atoms with van der Waals surface area (Å²) >= 11 is 0. The molecule has 0 aromatic heterocycles. The van der Waals surface area contributed by atoms with Crippen LogP contribution in [0, 0.1) is 12.8 Å². The Morgan fingerprint density at radius 3 is 2.79 bits per heavy atom. The molecule has 2 unspecified atom stereocenters. The van der Waals surface area contributed by atoms with E-state index in [1.807, 2.05) is 17.0 Å². The van der Waals surface area contributed by atoms with Gasteiger partial charge in [0.1, 0.15) is 5.75 Å². The van der Waals surface area contributed by atoms with Crippen molar-refractivity contribution in [3.05, 3.63) is 64.7 Å². The fraction of sp³-hybridized carbons (Fsp3) is 0.481. The smallest absolute Gasteiger partial charge is 0.258 e. The molecule has 2 aromatic carbocycles. The molecule has 33 heavy (non-hydrogen) atoms. The molecular formula is C27H32N2O4. The zero-order valence-electron chi connectivity index (χ0n) is 19.2. The SMILES string of the molecule is Cc1cccc(C2c3cc(OCC(=O)NCC4CCCO4)ccc3CCN2C(=O)C2CC2)c1. The Kier molecular flexibility index (Phi) is 6.36. The Labute approximate surface area is 195 Å². The minimum Gasteiger partial charge on any atom is -0.484 e. The van der Waals surface area contributed by atoms with Crippen LogP contribution in [0.1, 0.15) is 54.0 Å². The summed E-state index contributed by atoms with van der Waals surface area (Å²) in [5, 5.41) is 2.90.